The topological polar surface area (TPSA) is 67.6 Å². The van der Waals surface area contributed by atoms with Gasteiger partial charge in [-0.15, -0.1) is 0 Å². The number of likely N-dealkylation sites (tertiary alicyclic amines) is 1. The van der Waals surface area contributed by atoms with E-state index in [4.69, 9.17) is 10.5 Å². The van der Waals surface area contributed by atoms with Gasteiger partial charge in [0, 0.05) is 18.6 Å². The molecule has 3 atom stereocenters. The van der Waals surface area contributed by atoms with E-state index in [9.17, 15) is 4.79 Å². The van der Waals surface area contributed by atoms with Crippen molar-refractivity contribution in [2.45, 2.75) is 77.0 Å². The van der Waals surface area contributed by atoms with Gasteiger partial charge in [-0.2, -0.15) is 0 Å². The molecule has 2 rings (SSSR count). The number of ether oxygens (including phenoxy) is 1. The van der Waals surface area contributed by atoms with E-state index in [0.717, 1.165) is 38.9 Å². The van der Waals surface area contributed by atoms with E-state index in [-0.39, 0.29) is 6.09 Å². The van der Waals surface area contributed by atoms with Crippen molar-refractivity contribution in [1.29, 1.82) is 0 Å². The van der Waals surface area contributed by atoms with Crippen LogP contribution in [0.5, 0.6) is 0 Å². The predicted octanol–water partition coefficient (Wildman–Crippen LogP) is 2.49. The van der Waals surface area contributed by atoms with Crippen molar-refractivity contribution in [1.82, 2.24) is 10.2 Å². The minimum atomic E-state index is -0.418. The third kappa shape index (κ3) is 4.59. The summed E-state index contributed by atoms with van der Waals surface area (Å²) in [6.07, 6.45) is 6.77. The Balaban J connectivity index is 1.95. The van der Waals surface area contributed by atoms with Gasteiger partial charge in [-0.25, -0.2) is 4.79 Å². The molecular weight excluding hydrogens is 278 g/mol. The van der Waals surface area contributed by atoms with Gasteiger partial charge in [0.15, 0.2) is 0 Å². The van der Waals surface area contributed by atoms with Crippen molar-refractivity contribution in [3.63, 3.8) is 0 Å². The lowest BCUT2D eigenvalue weighted by Gasteiger charge is -2.34. The molecule has 22 heavy (non-hydrogen) atoms. The smallest absolute Gasteiger partial charge is 0.410 e. The van der Waals surface area contributed by atoms with E-state index in [1.807, 2.05) is 25.7 Å². The molecule has 0 aromatic carbocycles. The number of amides is 1. The second-order valence-electron chi connectivity index (χ2n) is 7.68. The van der Waals surface area contributed by atoms with E-state index in [0.29, 0.717) is 18.0 Å². The summed E-state index contributed by atoms with van der Waals surface area (Å²) in [6, 6.07) is 0.868. The average molecular weight is 311 g/mol. The number of nitrogens with zero attached hydrogens (tertiary/aromatic N) is 1. The fourth-order valence-electron chi connectivity index (χ4n) is 3.88. The summed E-state index contributed by atoms with van der Waals surface area (Å²) in [5.74, 6) is 0.563. The van der Waals surface area contributed by atoms with Crippen LogP contribution in [0.1, 0.15) is 59.3 Å². The zero-order valence-corrected chi connectivity index (χ0v) is 14.4. The highest BCUT2D eigenvalue weighted by atomic mass is 16.6. The van der Waals surface area contributed by atoms with E-state index < -0.39 is 5.60 Å². The molecule has 0 radical (unpaired) electrons. The molecule has 0 spiro atoms. The molecule has 2 aliphatic rings. The molecule has 5 heteroatoms. The molecule has 1 saturated heterocycles. The number of carbonyl (C=O) groups excluding carboxylic acids is 1. The number of rotatable bonds is 5. The Bertz CT molecular complexity index is 367. The molecular formula is C17H33N3O2. The normalized spacial score (nSPS) is 29.1. The van der Waals surface area contributed by atoms with Crippen LogP contribution < -0.4 is 11.1 Å². The highest BCUT2D eigenvalue weighted by molar-refractivity contribution is 5.69. The van der Waals surface area contributed by atoms with E-state index in [1.54, 1.807) is 0 Å². The largest absolute Gasteiger partial charge is 0.444 e. The highest BCUT2D eigenvalue weighted by Gasteiger charge is 2.41. The van der Waals surface area contributed by atoms with Gasteiger partial charge < -0.3 is 20.7 Å². The van der Waals surface area contributed by atoms with Crippen LogP contribution in [-0.4, -0.2) is 48.3 Å². The first-order chi connectivity index (χ1) is 10.4. The summed E-state index contributed by atoms with van der Waals surface area (Å²) in [7, 11) is 0. The Morgan fingerprint density at radius 2 is 2.05 bits per heavy atom. The predicted molar refractivity (Wildman–Crippen MR) is 88.8 cm³/mol. The summed E-state index contributed by atoms with van der Waals surface area (Å²) in [6.45, 7) is 8.36. The minimum absolute atomic E-state index is 0.136. The van der Waals surface area contributed by atoms with Gasteiger partial charge in [-0.05, 0) is 71.9 Å². The molecule has 1 amide bonds. The summed E-state index contributed by atoms with van der Waals surface area (Å²) in [5, 5.41) is 3.66. The van der Waals surface area contributed by atoms with Crippen molar-refractivity contribution in [3.05, 3.63) is 0 Å². The maximum absolute atomic E-state index is 12.5. The molecule has 1 heterocycles. The maximum Gasteiger partial charge on any atom is 0.410 e. The summed E-state index contributed by atoms with van der Waals surface area (Å²) in [5.41, 5.74) is 5.16. The van der Waals surface area contributed by atoms with Crippen molar-refractivity contribution in [2.75, 3.05) is 19.6 Å². The lowest BCUT2D eigenvalue weighted by atomic mass is 9.92. The van der Waals surface area contributed by atoms with Gasteiger partial charge in [0.2, 0.25) is 0 Å². The minimum Gasteiger partial charge on any atom is -0.444 e. The number of hydrogen-bond donors (Lipinski definition) is 2. The maximum atomic E-state index is 12.5. The number of hydrogen-bond acceptors (Lipinski definition) is 4. The second-order valence-corrected chi connectivity index (χ2v) is 7.68. The summed E-state index contributed by atoms with van der Waals surface area (Å²) >= 11 is 0. The van der Waals surface area contributed by atoms with Crippen LogP contribution in [0.25, 0.3) is 0 Å². The van der Waals surface area contributed by atoms with Gasteiger partial charge in [0.25, 0.3) is 0 Å². The molecule has 5 nitrogen and oxygen atoms in total. The Labute approximate surface area is 134 Å². The lowest BCUT2D eigenvalue weighted by molar-refractivity contribution is 0.0167. The first-order valence-corrected chi connectivity index (χ1v) is 8.85. The Morgan fingerprint density at radius 1 is 1.27 bits per heavy atom. The Hall–Kier alpha value is -0.810. The molecule has 3 N–H and O–H groups in total. The molecule has 3 unspecified atom stereocenters. The first kappa shape index (κ1) is 17.5. The van der Waals surface area contributed by atoms with Crippen molar-refractivity contribution in [3.8, 4) is 0 Å². The molecule has 0 aromatic heterocycles. The van der Waals surface area contributed by atoms with Crippen molar-refractivity contribution >= 4 is 6.09 Å². The standard InChI is InChI=1S/C17H33N3O2/c1-17(2,3)22-16(21)20-12-5-9-15(20)13-7-4-8-14(13)19-11-6-10-18/h13-15,19H,4-12,18H2,1-3H3. The molecule has 128 valence electrons. The second kappa shape index (κ2) is 7.64. The lowest BCUT2D eigenvalue weighted by Crippen LogP contribution is -2.47. The zero-order chi connectivity index (χ0) is 16.2. The van der Waals surface area contributed by atoms with E-state index >= 15 is 0 Å². The molecule has 0 bridgehead atoms. The average Bonchev–Trinajstić information content (AvgIpc) is 3.04. The number of carbonyl (C=O) groups is 1. The number of nitrogens with one attached hydrogen (secondary N) is 1. The molecule has 1 aliphatic carbocycles. The van der Waals surface area contributed by atoms with Crippen LogP contribution in [0, 0.1) is 5.92 Å². The van der Waals surface area contributed by atoms with Crippen LogP contribution in [0.4, 0.5) is 4.79 Å². The van der Waals surface area contributed by atoms with Crippen LogP contribution in [0.3, 0.4) is 0 Å². The third-order valence-corrected chi connectivity index (χ3v) is 4.78. The van der Waals surface area contributed by atoms with Gasteiger partial charge in [0.05, 0.1) is 0 Å². The van der Waals surface area contributed by atoms with Crippen LogP contribution in [0.15, 0.2) is 0 Å². The third-order valence-electron chi connectivity index (χ3n) is 4.78. The summed E-state index contributed by atoms with van der Waals surface area (Å²) in [4.78, 5) is 14.4. The van der Waals surface area contributed by atoms with Gasteiger partial charge in [-0.3, -0.25) is 0 Å². The quantitative estimate of drug-likeness (QED) is 0.766. The fourth-order valence-corrected chi connectivity index (χ4v) is 3.88. The van der Waals surface area contributed by atoms with Gasteiger partial charge in [-0.1, -0.05) is 6.42 Å². The first-order valence-electron chi connectivity index (χ1n) is 8.85. The molecule has 1 saturated carbocycles. The van der Waals surface area contributed by atoms with E-state index in [1.165, 1.54) is 19.3 Å². The van der Waals surface area contributed by atoms with Gasteiger partial charge in [0.1, 0.15) is 5.60 Å². The van der Waals surface area contributed by atoms with Crippen LogP contribution in [-0.2, 0) is 4.74 Å². The van der Waals surface area contributed by atoms with Crippen molar-refractivity contribution < 1.29 is 9.53 Å². The highest BCUT2D eigenvalue weighted by Crippen LogP contribution is 2.36. The van der Waals surface area contributed by atoms with Crippen LogP contribution >= 0.6 is 0 Å². The Kier molecular flexibility index (Phi) is 6.09. The van der Waals surface area contributed by atoms with Gasteiger partial charge >= 0.3 is 6.09 Å². The van der Waals surface area contributed by atoms with E-state index in [2.05, 4.69) is 5.32 Å². The SMILES string of the molecule is CC(C)(C)OC(=O)N1CCCC1C1CCCC1NCCCN. The van der Waals surface area contributed by atoms with Crippen molar-refractivity contribution in [2.24, 2.45) is 11.7 Å². The molecule has 0 aromatic rings. The zero-order valence-electron chi connectivity index (χ0n) is 14.4. The monoisotopic (exact) mass is 311 g/mol. The fraction of sp³-hybridized carbons (Fsp3) is 0.941. The molecule has 1 aliphatic heterocycles. The Morgan fingerprint density at radius 3 is 2.73 bits per heavy atom. The summed E-state index contributed by atoms with van der Waals surface area (Å²) < 4.78 is 5.60. The number of nitrogens with two attached hydrogens (primary N) is 1. The molecule has 2 fully saturated rings. The van der Waals surface area contributed by atoms with Crippen LogP contribution in [0.2, 0.25) is 0 Å².